The van der Waals surface area contributed by atoms with E-state index in [0.717, 1.165) is 5.56 Å². The van der Waals surface area contributed by atoms with E-state index in [-0.39, 0.29) is 6.42 Å². The highest BCUT2D eigenvalue weighted by atomic mass is 19.3. The first kappa shape index (κ1) is 8.97. The Morgan fingerprint density at radius 3 is 2.58 bits per heavy atom. The van der Waals surface area contributed by atoms with E-state index in [1.165, 1.54) is 0 Å². The lowest BCUT2D eigenvalue weighted by Crippen LogP contribution is -2.01. The lowest BCUT2D eigenvalue weighted by molar-refractivity contribution is 0.149. The maximum absolute atomic E-state index is 11.9. The third kappa shape index (κ3) is 2.19. The van der Waals surface area contributed by atoms with Crippen LogP contribution in [0.5, 0.6) is 0 Å². The first-order valence-electron chi connectivity index (χ1n) is 3.72. The van der Waals surface area contributed by atoms with Crippen molar-refractivity contribution in [2.24, 2.45) is 0 Å². The predicted molar refractivity (Wildman–Crippen MR) is 45.3 cm³/mol. The van der Waals surface area contributed by atoms with Crippen molar-refractivity contribution in [2.45, 2.75) is 19.8 Å². The highest BCUT2D eigenvalue weighted by Gasteiger charge is 2.06. The second-order valence-electron chi connectivity index (χ2n) is 2.80. The zero-order chi connectivity index (χ0) is 9.14. The molecule has 1 aromatic carbocycles. The van der Waals surface area contributed by atoms with Crippen LogP contribution < -0.4 is 5.73 Å². The summed E-state index contributed by atoms with van der Waals surface area (Å²) in [4.78, 5) is 0. The summed E-state index contributed by atoms with van der Waals surface area (Å²) in [5, 5.41) is 0. The summed E-state index contributed by atoms with van der Waals surface area (Å²) in [6, 6.07) is 5.14. The molecule has 0 saturated heterocycles. The summed E-state index contributed by atoms with van der Waals surface area (Å²) in [6.45, 7) is 1.88. The monoisotopic (exact) mass is 171 g/mol. The maximum Gasteiger partial charge on any atom is 0.242 e. The fourth-order valence-electron chi connectivity index (χ4n) is 1.07. The van der Waals surface area contributed by atoms with Crippen LogP contribution in [0.3, 0.4) is 0 Å². The van der Waals surface area contributed by atoms with E-state index in [1.54, 1.807) is 18.2 Å². The van der Waals surface area contributed by atoms with Crippen LogP contribution in [0.4, 0.5) is 14.5 Å². The number of aryl methyl sites for hydroxylation is 1. The molecule has 0 bridgehead atoms. The molecular weight excluding hydrogens is 160 g/mol. The van der Waals surface area contributed by atoms with Crippen LogP contribution >= 0.6 is 0 Å². The Morgan fingerprint density at radius 2 is 2.08 bits per heavy atom. The fraction of sp³-hybridized carbons (Fsp3) is 0.333. The molecule has 1 nitrogen and oxygen atoms in total. The minimum absolute atomic E-state index is 0.258. The van der Waals surface area contributed by atoms with Crippen LogP contribution in [0.2, 0.25) is 0 Å². The number of alkyl halides is 2. The number of anilines is 1. The van der Waals surface area contributed by atoms with Gasteiger partial charge in [-0.3, -0.25) is 0 Å². The van der Waals surface area contributed by atoms with E-state index in [2.05, 4.69) is 0 Å². The molecule has 0 aliphatic heterocycles. The molecule has 0 saturated carbocycles. The lowest BCUT2D eigenvalue weighted by atomic mass is 10.1. The van der Waals surface area contributed by atoms with Gasteiger partial charge in [0.25, 0.3) is 0 Å². The van der Waals surface area contributed by atoms with Gasteiger partial charge in [-0.25, -0.2) is 8.78 Å². The van der Waals surface area contributed by atoms with Gasteiger partial charge in [0.1, 0.15) is 0 Å². The molecular formula is C9H11F2N. The van der Waals surface area contributed by atoms with Crippen LogP contribution in [0, 0.1) is 6.92 Å². The van der Waals surface area contributed by atoms with Gasteiger partial charge in [0.2, 0.25) is 6.43 Å². The summed E-state index contributed by atoms with van der Waals surface area (Å²) in [5.41, 5.74) is 7.51. The topological polar surface area (TPSA) is 26.0 Å². The third-order valence-electron chi connectivity index (χ3n) is 1.68. The molecule has 0 aliphatic rings. The number of halogens is 2. The van der Waals surface area contributed by atoms with Crippen molar-refractivity contribution in [2.75, 3.05) is 5.73 Å². The smallest absolute Gasteiger partial charge is 0.242 e. The van der Waals surface area contributed by atoms with E-state index in [1.807, 2.05) is 6.92 Å². The molecule has 0 aliphatic carbocycles. The first-order chi connectivity index (χ1) is 5.59. The van der Waals surface area contributed by atoms with Gasteiger partial charge in [0.05, 0.1) is 0 Å². The van der Waals surface area contributed by atoms with Gasteiger partial charge < -0.3 is 5.73 Å². The van der Waals surface area contributed by atoms with Gasteiger partial charge in [0, 0.05) is 12.1 Å². The molecule has 0 amide bonds. The van der Waals surface area contributed by atoms with E-state index in [9.17, 15) is 8.78 Å². The molecule has 0 atom stereocenters. The minimum atomic E-state index is -2.32. The van der Waals surface area contributed by atoms with E-state index >= 15 is 0 Å². The number of hydrogen-bond donors (Lipinski definition) is 1. The second kappa shape index (κ2) is 3.52. The van der Waals surface area contributed by atoms with Crippen LogP contribution in [-0.4, -0.2) is 6.43 Å². The summed E-state index contributed by atoms with van der Waals surface area (Å²) in [7, 11) is 0. The molecule has 1 aromatic rings. The van der Waals surface area contributed by atoms with Crippen molar-refractivity contribution in [1.82, 2.24) is 0 Å². The lowest BCUT2D eigenvalue weighted by Gasteiger charge is -2.05. The molecule has 0 unspecified atom stereocenters. The predicted octanol–water partition coefficient (Wildman–Crippen LogP) is 2.38. The van der Waals surface area contributed by atoms with E-state index < -0.39 is 6.43 Å². The molecule has 2 N–H and O–H groups in total. The van der Waals surface area contributed by atoms with Gasteiger partial charge >= 0.3 is 0 Å². The molecule has 1 rings (SSSR count). The van der Waals surface area contributed by atoms with Gasteiger partial charge in [-0.15, -0.1) is 0 Å². The average Bonchev–Trinajstić information content (AvgIpc) is 1.94. The molecule has 66 valence electrons. The van der Waals surface area contributed by atoms with Crippen LogP contribution in [0.25, 0.3) is 0 Å². The van der Waals surface area contributed by atoms with Gasteiger partial charge in [0.15, 0.2) is 0 Å². The molecule has 0 fully saturated rings. The number of benzene rings is 1. The molecule has 3 heteroatoms. The SMILES string of the molecule is Cc1ccc(CC(F)F)c(N)c1. The van der Waals surface area contributed by atoms with Gasteiger partial charge in [-0.1, -0.05) is 12.1 Å². The molecule has 0 radical (unpaired) electrons. The highest BCUT2D eigenvalue weighted by molar-refractivity contribution is 5.49. The summed E-state index contributed by atoms with van der Waals surface area (Å²) in [5.74, 6) is 0. The van der Waals surface area contributed by atoms with Gasteiger partial charge in [-0.05, 0) is 24.1 Å². The van der Waals surface area contributed by atoms with Crippen LogP contribution in [0.1, 0.15) is 11.1 Å². The van der Waals surface area contributed by atoms with E-state index in [4.69, 9.17) is 5.73 Å². The van der Waals surface area contributed by atoms with Crippen LogP contribution in [-0.2, 0) is 6.42 Å². The van der Waals surface area contributed by atoms with Crippen molar-refractivity contribution >= 4 is 5.69 Å². The Hall–Kier alpha value is -1.12. The Kier molecular flexibility index (Phi) is 2.63. The summed E-state index contributed by atoms with van der Waals surface area (Å²) in [6.07, 6.45) is -2.58. The number of hydrogen-bond acceptors (Lipinski definition) is 1. The molecule has 0 heterocycles. The Morgan fingerprint density at radius 1 is 1.42 bits per heavy atom. The summed E-state index contributed by atoms with van der Waals surface area (Å²) < 4.78 is 23.9. The Balaban J connectivity index is 2.86. The van der Waals surface area contributed by atoms with Crippen LogP contribution in [0.15, 0.2) is 18.2 Å². The largest absolute Gasteiger partial charge is 0.398 e. The fourth-order valence-corrected chi connectivity index (χ4v) is 1.07. The second-order valence-corrected chi connectivity index (χ2v) is 2.80. The van der Waals surface area contributed by atoms with Crippen molar-refractivity contribution in [3.63, 3.8) is 0 Å². The normalized spacial score (nSPS) is 10.7. The quantitative estimate of drug-likeness (QED) is 0.679. The first-order valence-corrected chi connectivity index (χ1v) is 3.72. The summed E-state index contributed by atoms with van der Waals surface area (Å²) >= 11 is 0. The van der Waals surface area contributed by atoms with Gasteiger partial charge in [-0.2, -0.15) is 0 Å². The van der Waals surface area contributed by atoms with Crippen molar-refractivity contribution in [1.29, 1.82) is 0 Å². The Labute approximate surface area is 70.2 Å². The van der Waals surface area contributed by atoms with Crippen molar-refractivity contribution in [3.05, 3.63) is 29.3 Å². The van der Waals surface area contributed by atoms with E-state index in [0.29, 0.717) is 11.3 Å². The highest BCUT2D eigenvalue weighted by Crippen LogP contribution is 2.16. The molecule has 0 spiro atoms. The number of nitrogen functional groups attached to an aromatic ring is 1. The average molecular weight is 171 g/mol. The minimum Gasteiger partial charge on any atom is -0.398 e. The maximum atomic E-state index is 11.9. The third-order valence-corrected chi connectivity index (χ3v) is 1.68. The Bertz CT molecular complexity index is 271. The van der Waals surface area contributed by atoms with Crippen molar-refractivity contribution in [3.8, 4) is 0 Å². The van der Waals surface area contributed by atoms with Crippen molar-refractivity contribution < 1.29 is 8.78 Å². The molecule has 12 heavy (non-hydrogen) atoms. The molecule has 0 aromatic heterocycles. The number of nitrogens with two attached hydrogens (primary N) is 1. The zero-order valence-electron chi connectivity index (χ0n) is 6.85. The standard InChI is InChI=1S/C9H11F2N/c1-6-2-3-7(5-9(10)11)8(12)4-6/h2-4,9H,5,12H2,1H3. The zero-order valence-corrected chi connectivity index (χ0v) is 6.85. The number of rotatable bonds is 2.